The van der Waals surface area contributed by atoms with E-state index in [0.717, 1.165) is 12.2 Å². The lowest BCUT2D eigenvalue weighted by Crippen LogP contribution is -2.30. The predicted molar refractivity (Wildman–Crippen MR) is 78.0 cm³/mol. The summed E-state index contributed by atoms with van der Waals surface area (Å²) in [5.41, 5.74) is 1.33. The van der Waals surface area contributed by atoms with E-state index < -0.39 is 0 Å². The summed E-state index contributed by atoms with van der Waals surface area (Å²) < 4.78 is 0. The zero-order valence-electron chi connectivity index (χ0n) is 10.5. The molecule has 0 fully saturated rings. The Balaban J connectivity index is 1.86. The maximum atomic E-state index is 4.05. The van der Waals surface area contributed by atoms with E-state index in [4.69, 9.17) is 0 Å². The Bertz CT molecular complexity index is 445. The summed E-state index contributed by atoms with van der Waals surface area (Å²) >= 11 is 1.89. The van der Waals surface area contributed by atoms with Gasteiger partial charge < -0.3 is 5.32 Å². The van der Waals surface area contributed by atoms with E-state index in [-0.39, 0.29) is 0 Å². The Morgan fingerprint density at radius 3 is 2.50 bits per heavy atom. The van der Waals surface area contributed by atoms with Crippen LogP contribution in [0.4, 0.5) is 0 Å². The number of aromatic nitrogens is 1. The molecule has 1 atom stereocenters. The number of hydrogen-bond donors (Lipinski definition) is 1. The van der Waals surface area contributed by atoms with Gasteiger partial charge in [-0.15, -0.1) is 11.8 Å². The summed E-state index contributed by atoms with van der Waals surface area (Å²) in [7, 11) is 2.03. The Morgan fingerprint density at radius 2 is 1.83 bits per heavy atom. The van der Waals surface area contributed by atoms with Gasteiger partial charge in [0.2, 0.25) is 0 Å². The van der Waals surface area contributed by atoms with Gasteiger partial charge in [0.05, 0.1) is 0 Å². The van der Waals surface area contributed by atoms with Crippen molar-refractivity contribution in [3.63, 3.8) is 0 Å². The van der Waals surface area contributed by atoms with Crippen LogP contribution in [0.2, 0.25) is 0 Å². The van der Waals surface area contributed by atoms with Crippen molar-refractivity contribution in [2.24, 2.45) is 0 Å². The normalized spacial score (nSPS) is 12.3. The van der Waals surface area contributed by atoms with Gasteiger partial charge >= 0.3 is 0 Å². The molecule has 1 N–H and O–H groups in total. The molecule has 1 aromatic carbocycles. The number of nitrogens with zero attached hydrogens (tertiary/aromatic N) is 1. The second-order valence-electron chi connectivity index (χ2n) is 4.17. The van der Waals surface area contributed by atoms with E-state index in [1.165, 1.54) is 10.5 Å². The first-order valence-corrected chi connectivity index (χ1v) is 7.11. The second kappa shape index (κ2) is 7.19. The highest BCUT2D eigenvalue weighted by Crippen LogP contribution is 2.19. The lowest BCUT2D eigenvalue weighted by Gasteiger charge is -2.15. The summed E-state index contributed by atoms with van der Waals surface area (Å²) in [6.45, 7) is 0. The quantitative estimate of drug-likeness (QED) is 0.806. The molecule has 0 aliphatic carbocycles. The minimum atomic E-state index is 0.484. The number of pyridine rings is 1. The van der Waals surface area contributed by atoms with Crippen LogP contribution in [0.5, 0.6) is 0 Å². The van der Waals surface area contributed by atoms with Gasteiger partial charge in [-0.2, -0.15) is 0 Å². The molecule has 0 saturated carbocycles. The summed E-state index contributed by atoms with van der Waals surface area (Å²) in [4.78, 5) is 5.37. The fourth-order valence-corrected chi connectivity index (χ4v) is 2.79. The summed E-state index contributed by atoms with van der Waals surface area (Å²) in [6, 6.07) is 15.2. The molecule has 0 spiro atoms. The number of hydrogen-bond acceptors (Lipinski definition) is 3. The van der Waals surface area contributed by atoms with Crippen molar-refractivity contribution in [2.45, 2.75) is 17.4 Å². The van der Waals surface area contributed by atoms with E-state index in [1.54, 1.807) is 0 Å². The molecule has 1 heterocycles. The van der Waals surface area contributed by atoms with Gasteiger partial charge in [0.15, 0.2) is 0 Å². The third-order valence-electron chi connectivity index (χ3n) is 2.83. The highest BCUT2D eigenvalue weighted by atomic mass is 32.2. The fraction of sp³-hybridized carbons (Fsp3) is 0.267. The topological polar surface area (TPSA) is 24.9 Å². The smallest absolute Gasteiger partial charge is 0.0270 e. The van der Waals surface area contributed by atoms with Crippen LogP contribution in [0, 0.1) is 0 Å². The van der Waals surface area contributed by atoms with Crippen molar-refractivity contribution in [1.82, 2.24) is 10.3 Å². The van der Waals surface area contributed by atoms with Crippen LogP contribution in [-0.2, 0) is 6.42 Å². The third kappa shape index (κ3) is 4.17. The summed E-state index contributed by atoms with van der Waals surface area (Å²) in [5, 5.41) is 3.38. The highest BCUT2D eigenvalue weighted by molar-refractivity contribution is 7.99. The maximum Gasteiger partial charge on any atom is 0.0270 e. The number of benzene rings is 1. The minimum Gasteiger partial charge on any atom is -0.316 e. The first kappa shape index (κ1) is 13.1. The zero-order chi connectivity index (χ0) is 12.6. The molecule has 1 unspecified atom stereocenters. The van der Waals surface area contributed by atoms with Crippen LogP contribution in [0.15, 0.2) is 59.8 Å². The van der Waals surface area contributed by atoms with Gasteiger partial charge in [-0.1, -0.05) is 18.2 Å². The van der Waals surface area contributed by atoms with Gasteiger partial charge in [-0.25, -0.2) is 0 Å². The van der Waals surface area contributed by atoms with E-state index in [2.05, 4.69) is 52.8 Å². The zero-order valence-corrected chi connectivity index (χ0v) is 11.4. The van der Waals surface area contributed by atoms with Crippen LogP contribution in [0.25, 0.3) is 0 Å². The Hall–Kier alpha value is -1.32. The van der Waals surface area contributed by atoms with E-state index in [0.29, 0.717) is 6.04 Å². The summed E-state index contributed by atoms with van der Waals surface area (Å²) in [6.07, 6.45) is 4.75. The van der Waals surface area contributed by atoms with Crippen LogP contribution >= 0.6 is 11.8 Å². The fourth-order valence-electron chi connectivity index (χ4n) is 1.76. The molecule has 0 amide bonds. The Labute approximate surface area is 113 Å². The molecule has 0 radical (unpaired) electrons. The molecule has 2 rings (SSSR count). The van der Waals surface area contributed by atoms with Crippen LogP contribution in [0.1, 0.15) is 5.56 Å². The maximum absolute atomic E-state index is 4.05. The van der Waals surface area contributed by atoms with Crippen LogP contribution in [0.3, 0.4) is 0 Å². The molecule has 0 aliphatic heterocycles. The van der Waals surface area contributed by atoms with Crippen LogP contribution < -0.4 is 5.32 Å². The molecule has 94 valence electrons. The van der Waals surface area contributed by atoms with Gasteiger partial charge in [-0.3, -0.25) is 4.98 Å². The molecule has 1 aromatic heterocycles. The number of thioether (sulfide) groups is 1. The molecule has 2 aromatic rings. The van der Waals surface area contributed by atoms with Crippen molar-refractivity contribution < 1.29 is 0 Å². The largest absolute Gasteiger partial charge is 0.316 e. The average Bonchev–Trinajstić information content (AvgIpc) is 2.45. The molecule has 0 aliphatic rings. The van der Waals surface area contributed by atoms with Crippen molar-refractivity contribution in [1.29, 1.82) is 0 Å². The van der Waals surface area contributed by atoms with Gasteiger partial charge in [0.1, 0.15) is 0 Å². The monoisotopic (exact) mass is 258 g/mol. The lowest BCUT2D eigenvalue weighted by molar-refractivity contribution is 0.617. The number of likely N-dealkylation sites (N-methyl/N-ethyl adjacent to an activating group) is 1. The standard InChI is InChI=1S/C15H18N2S/c1-16-14(11-13-7-9-17-10-8-13)12-18-15-5-3-2-4-6-15/h2-10,14,16H,11-12H2,1H3. The number of rotatable bonds is 6. The molecule has 2 nitrogen and oxygen atoms in total. The van der Waals surface area contributed by atoms with E-state index >= 15 is 0 Å². The molecular weight excluding hydrogens is 240 g/mol. The van der Waals surface area contributed by atoms with Gasteiger partial charge in [0, 0.05) is 29.1 Å². The van der Waals surface area contributed by atoms with Gasteiger partial charge in [0.25, 0.3) is 0 Å². The molecule has 0 bridgehead atoms. The van der Waals surface area contributed by atoms with Crippen molar-refractivity contribution >= 4 is 11.8 Å². The minimum absolute atomic E-state index is 0.484. The molecular formula is C15H18N2S. The van der Waals surface area contributed by atoms with Crippen molar-refractivity contribution in [2.75, 3.05) is 12.8 Å². The summed E-state index contributed by atoms with van der Waals surface area (Å²) in [5.74, 6) is 1.07. The molecule has 0 saturated heterocycles. The highest BCUT2D eigenvalue weighted by Gasteiger charge is 2.07. The van der Waals surface area contributed by atoms with Crippen molar-refractivity contribution in [3.05, 3.63) is 60.4 Å². The van der Waals surface area contributed by atoms with Crippen molar-refractivity contribution in [3.8, 4) is 0 Å². The van der Waals surface area contributed by atoms with E-state index in [9.17, 15) is 0 Å². The number of nitrogens with one attached hydrogen (secondary N) is 1. The average molecular weight is 258 g/mol. The Kier molecular flexibility index (Phi) is 5.24. The van der Waals surface area contributed by atoms with Gasteiger partial charge in [-0.05, 0) is 43.3 Å². The van der Waals surface area contributed by atoms with Crippen LogP contribution in [-0.4, -0.2) is 23.8 Å². The first-order valence-electron chi connectivity index (χ1n) is 6.12. The second-order valence-corrected chi connectivity index (χ2v) is 5.26. The Morgan fingerprint density at radius 1 is 1.11 bits per heavy atom. The third-order valence-corrected chi connectivity index (χ3v) is 4.01. The first-order chi connectivity index (χ1) is 8.88. The van der Waals surface area contributed by atoms with E-state index in [1.807, 2.05) is 31.2 Å². The lowest BCUT2D eigenvalue weighted by atomic mass is 10.1. The predicted octanol–water partition coefficient (Wildman–Crippen LogP) is 3.00. The molecule has 18 heavy (non-hydrogen) atoms. The SMILES string of the molecule is CNC(CSc1ccccc1)Cc1ccncc1. The molecule has 3 heteroatoms.